The first-order valence-corrected chi connectivity index (χ1v) is 6.81. The number of amides is 1. The molecule has 0 saturated carbocycles. The molecule has 6 heteroatoms. The lowest BCUT2D eigenvalue weighted by molar-refractivity contribution is 0.0952. The molecule has 0 aromatic heterocycles. The molecule has 0 atom stereocenters. The molecule has 2 aromatic rings. The highest BCUT2D eigenvalue weighted by Gasteiger charge is 2.10. The van der Waals surface area contributed by atoms with Crippen LogP contribution in [0.5, 0.6) is 5.75 Å². The van der Waals surface area contributed by atoms with E-state index >= 15 is 0 Å². The molecular weight excluding hydrogens is 344 g/mol. The van der Waals surface area contributed by atoms with Crippen molar-refractivity contribution in [1.29, 1.82) is 0 Å². The number of phenols is 1. The second-order valence-corrected chi connectivity index (χ2v) is 5.26. The Balaban J connectivity index is 2.03. The fourth-order valence-electron chi connectivity index (χ4n) is 1.47. The van der Waals surface area contributed by atoms with Gasteiger partial charge in [0.05, 0.1) is 11.8 Å². The summed E-state index contributed by atoms with van der Waals surface area (Å²) in [4.78, 5) is 11.8. The average molecular weight is 354 g/mol. The fraction of sp³-hybridized carbons (Fsp3) is 0. The van der Waals surface area contributed by atoms with Crippen LogP contribution >= 0.6 is 27.5 Å². The Labute approximate surface area is 129 Å². The van der Waals surface area contributed by atoms with Crippen LogP contribution in [-0.2, 0) is 0 Å². The third-order valence-corrected chi connectivity index (χ3v) is 3.22. The van der Waals surface area contributed by atoms with Crippen LogP contribution in [0.15, 0.2) is 52.0 Å². The number of nitrogens with zero attached hydrogens (tertiary/aromatic N) is 1. The molecule has 102 valence electrons. The van der Waals surface area contributed by atoms with Crippen molar-refractivity contribution in [3.05, 3.63) is 63.1 Å². The summed E-state index contributed by atoms with van der Waals surface area (Å²) in [6, 6.07) is 11.7. The number of benzene rings is 2. The number of halogens is 2. The normalized spacial score (nSPS) is 10.7. The SMILES string of the molecule is O=C(NN=Cc1ccc(Br)cc1)c1ccc(Cl)cc1O. The minimum absolute atomic E-state index is 0.113. The molecule has 2 rings (SSSR count). The zero-order chi connectivity index (χ0) is 14.5. The first-order valence-electron chi connectivity index (χ1n) is 5.64. The van der Waals surface area contributed by atoms with Gasteiger partial charge in [-0.05, 0) is 35.9 Å². The van der Waals surface area contributed by atoms with Gasteiger partial charge < -0.3 is 5.11 Å². The van der Waals surface area contributed by atoms with Crippen molar-refractivity contribution < 1.29 is 9.90 Å². The highest BCUT2D eigenvalue weighted by molar-refractivity contribution is 9.10. The molecule has 0 heterocycles. The van der Waals surface area contributed by atoms with Crippen molar-refractivity contribution in [3.63, 3.8) is 0 Å². The monoisotopic (exact) mass is 352 g/mol. The molecule has 0 aliphatic heterocycles. The summed E-state index contributed by atoms with van der Waals surface area (Å²) in [7, 11) is 0. The zero-order valence-corrected chi connectivity index (χ0v) is 12.5. The van der Waals surface area contributed by atoms with Crippen molar-refractivity contribution in [1.82, 2.24) is 5.43 Å². The van der Waals surface area contributed by atoms with E-state index in [1.807, 2.05) is 24.3 Å². The molecule has 4 nitrogen and oxygen atoms in total. The maximum atomic E-state index is 11.8. The maximum Gasteiger partial charge on any atom is 0.275 e. The van der Waals surface area contributed by atoms with E-state index in [2.05, 4.69) is 26.5 Å². The van der Waals surface area contributed by atoms with Crippen molar-refractivity contribution in [3.8, 4) is 5.75 Å². The number of rotatable bonds is 3. The maximum absolute atomic E-state index is 11.8. The number of hydrogen-bond acceptors (Lipinski definition) is 3. The van der Waals surface area contributed by atoms with Crippen LogP contribution in [0.1, 0.15) is 15.9 Å². The number of carbonyl (C=O) groups excluding carboxylic acids is 1. The Morgan fingerprint density at radius 1 is 1.25 bits per heavy atom. The summed E-state index contributed by atoms with van der Waals surface area (Å²) >= 11 is 9.02. The Morgan fingerprint density at radius 3 is 2.60 bits per heavy atom. The van der Waals surface area contributed by atoms with Crippen LogP contribution in [0.4, 0.5) is 0 Å². The third kappa shape index (κ3) is 3.82. The number of hydrogen-bond donors (Lipinski definition) is 2. The van der Waals surface area contributed by atoms with Crippen LogP contribution < -0.4 is 5.43 Å². The Kier molecular flexibility index (Phi) is 4.76. The van der Waals surface area contributed by atoms with E-state index < -0.39 is 5.91 Å². The molecule has 2 aromatic carbocycles. The van der Waals surface area contributed by atoms with Gasteiger partial charge in [-0.1, -0.05) is 39.7 Å². The average Bonchev–Trinajstić information content (AvgIpc) is 2.41. The van der Waals surface area contributed by atoms with E-state index in [1.165, 1.54) is 24.4 Å². The van der Waals surface area contributed by atoms with Gasteiger partial charge >= 0.3 is 0 Å². The number of nitrogens with one attached hydrogen (secondary N) is 1. The number of hydrazone groups is 1. The van der Waals surface area contributed by atoms with Crippen molar-refractivity contribution in [2.75, 3.05) is 0 Å². The number of aromatic hydroxyl groups is 1. The molecule has 20 heavy (non-hydrogen) atoms. The molecule has 0 radical (unpaired) electrons. The van der Waals surface area contributed by atoms with Crippen LogP contribution in [0, 0.1) is 0 Å². The summed E-state index contributed by atoms with van der Waals surface area (Å²) in [5.41, 5.74) is 3.29. The van der Waals surface area contributed by atoms with E-state index in [9.17, 15) is 9.90 Å². The van der Waals surface area contributed by atoms with E-state index in [-0.39, 0.29) is 11.3 Å². The third-order valence-electron chi connectivity index (χ3n) is 2.45. The summed E-state index contributed by atoms with van der Waals surface area (Å²) in [5.74, 6) is -0.693. The van der Waals surface area contributed by atoms with E-state index in [1.54, 1.807) is 0 Å². The lowest BCUT2D eigenvalue weighted by Gasteiger charge is -2.03. The van der Waals surface area contributed by atoms with Crippen molar-refractivity contribution >= 4 is 39.7 Å². The Morgan fingerprint density at radius 2 is 1.95 bits per heavy atom. The Hall–Kier alpha value is -1.85. The first-order chi connectivity index (χ1) is 9.56. The first kappa shape index (κ1) is 14.6. The van der Waals surface area contributed by atoms with E-state index in [0.717, 1.165) is 10.0 Å². The van der Waals surface area contributed by atoms with Gasteiger partial charge in [0.2, 0.25) is 0 Å². The quantitative estimate of drug-likeness (QED) is 0.654. The van der Waals surface area contributed by atoms with Gasteiger partial charge in [-0.2, -0.15) is 5.10 Å². The van der Waals surface area contributed by atoms with Gasteiger partial charge in [-0.15, -0.1) is 0 Å². The number of phenolic OH excluding ortho intramolecular Hbond substituents is 1. The fourth-order valence-corrected chi connectivity index (χ4v) is 1.90. The highest BCUT2D eigenvalue weighted by Crippen LogP contribution is 2.21. The molecule has 0 saturated heterocycles. The van der Waals surface area contributed by atoms with Gasteiger partial charge in [0.25, 0.3) is 5.91 Å². The van der Waals surface area contributed by atoms with Crippen LogP contribution in [-0.4, -0.2) is 17.2 Å². The van der Waals surface area contributed by atoms with Gasteiger partial charge in [-0.3, -0.25) is 4.79 Å². The second-order valence-electron chi connectivity index (χ2n) is 3.91. The van der Waals surface area contributed by atoms with Crippen LogP contribution in [0.25, 0.3) is 0 Å². The predicted octanol–water partition coefficient (Wildman–Crippen LogP) is 3.57. The van der Waals surface area contributed by atoms with Crippen molar-refractivity contribution in [2.45, 2.75) is 0 Å². The van der Waals surface area contributed by atoms with Crippen LogP contribution in [0.2, 0.25) is 5.02 Å². The van der Waals surface area contributed by atoms with E-state index in [0.29, 0.717) is 5.02 Å². The lowest BCUT2D eigenvalue weighted by Crippen LogP contribution is -2.17. The topological polar surface area (TPSA) is 61.7 Å². The molecular formula is C14H10BrClN2O2. The highest BCUT2D eigenvalue weighted by atomic mass is 79.9. The summed E-state index contributed by atoms with van der Waals surface area (Å²) in [5, 5.41) is 13.8. The van der Waals surface area contributed by atoms with Gasteiger partial charge in [-0.25, -0.2) is 5.43 Å². The zero-order valence-electron chi connectivity index (χ0n) is 10.2. The van der Waals surface area contributed by atoms with E-state index in [4.69, 9.17) is 11.6 Å². The molecule has 0 spiro atoms. The lowest BCUT2D eigenvalue weighted by atomic mass is 10.2. The molecule has 0 fully saturated rings. The van der Waals surface area contributed by atoms with Gasteiger partial charge in [0.15, 0.2) is 0 Å². The largest absolute Gasteiger partial charge is 0.507 e. The predicted molar refractivity (Wildman–Crippen MR) is 82.3 cm³/mol. The Bertz CT molecular complexity index is 657. The second kappa shape index (κ2) is 6.54. The standard InChI is InChI=1S/C14H10BrClN2O2/c15-10-3-1-9(2-4-10)8-17-18-14(20)12-6-5-11(16)7-13(12)19/h1-8,19H,(H,18,20). The minimum atomic E-state index is -0.507. The molecule has 0 bridgehead atoms. The molecule has 0 aliphatic rings. The van der Waals surface area contributed by atoms with Gasteiger partial charge in [0.1, 0.15) is 5.75 Å². The van der Waals surface area contributed by atoms with Crippen LogP contribution in [0.3, 0.4) is 0 Å². The van der Waals surface area contributed by atoms with Crippen molar-refractivity contribution in [2.24, 2.45) is 5.10 Å². The molecule has 2 N–H and O–H groups in total. The van der Waals surface area contributed by atoms with Gasteiger partial charge in [0, 0.05) is 9.50 Å². The smallest absolute Gasteiger partial charge is 0.275 e. The summed E-state index contributed by atoms with van der Waals surface area (Å²) in [6.07, 6.45) is 1.51. The molecule has 0 aliphatic carbocycles. The number of carbonyl (C=O) groups is 1. The summed E-state index contributed by atoms with van der Waals surface area (Å²) < 4.78 is 0.963. The summed E-state index contributed by atoms with van der Waals surface area (Å²) in [6.45, 7) is 0. The molecule has 1 amide bonds. The molecule has 0 unspecified atom stereocenters. The minimum Gasteiger partial charge on any atom is -0.507 e.